The Morgan fingerprint density at radius 3 is 2.50 bits per heavy atom. The van der Waals surface area contributed by atoms with Gasteiger partial charge in [0.05, 0.1) is 0 Å². The fraction of sp³-hybridized carbons (Fsp3) is 0.0526. The van der Waals surface area contributed by atoms with Gasteiger partial charge in [0.15, 0.2) is 0 Å². The second kappa shape index (κ2) is 5.62. The summed E-state index contributed by atoms with van der Waals surface area (Å²) in [5.41, 5.74) is 3.58. The number of allylic oxidation sites excluding steroid dienone is 5. The van der Waals surface area contributed by atoms with Crippen molar-refractivity contribution >= 4 is 27.9 Å². The largest absolute Gasteiger partial charge is 0.354 e. The lowest BCUT2D eigenvalue weighted by Gasteiger charge is -1.94. The van der Waals surface area contributed by atoms with Crippen molar-refractivity contribution < 1.29 is 0 Å². The number of para-hydroxylation sites is 1. The first-order valence-electron chi connectivity index (χ1n) is 6.85. The molecule has 0 bridgehead atoms. The van der Waals surface area contributed by atoms with Crippen LogP contribution in [0.25, 0.3) is 27.9 Å². The summed E-state index contributed by atoms with van der Waals surface area (Å²) in [5.74, 6) is 0. The molecule has 1 nitrogen and oxygen atoms in total. The number of nitrogens with one attached hydrogen (secondary N) is 1. The van der Waals surface area contributed by atoms with Crippen molar-refractivity contribution in [3.05, 3.63) is 78.4 Å². The summed E-state index contributed by atoms with van der Waals surface area (Å²) in [4.78, 5) is 3.47. The molecule has 0 saturated carbocycles. The predicted octanol–water partition coefficient (Wildman–Crippen LogP) is 5.47. The molecule has 2 aromatic carbocycles. The topological polar surface area (TPSA) is 15.8 Å². The minimum Gasteiger partial charge on any atom is -0.354 e. The molecule has 3 aromatic rings. The average Bonchev–Trinajstić information content (AvgIpc) is 2.84. The third kappa shape index (κ3) is 2.43. The van der Waals surface area contributed by atoms with Crippen molar-refractivity contribution in [2.24, 2.45) is 0 Å². The van der Waals surface area contributed by atoms with E-state index >= 15 is 0 Å². The van der Waals surface area contributed by atoms with Gasteiger partial charge in [0.2, 0.25) is 0 Å². The molecule has 0 aliphatic rings. The van der Waals surface area contributed by atoms with Gasteiger partial charge in [0.1, 0.15) is 0 Å². The van der Waals surface area contributed by atoms with Crippen molar-refractivity contribution in [2.75, 3.05) is 0 Å². The van der Waals surface area contributed by atoms with E-state index in [0.717, 1.165) is 0 Å². The number of H-pyrrole nitrogens is 1. The predicted molar refractivity (Wildman–Crippen MR) is 88.8 cm³/mol. The lowest BCUT2D eigenvalue weighted by molar-refractivity contribution is 1.54. The highest BCUT2D eigenvalue weighted by atomic mass is 14.7. The number of aromatic amines is 1. The summed E-state index contributed by atoms with van der Waals surface area (Å²) in [7, 11) is 0. The zero-order valence-electron chi connectivity index (χ0n) is 11.5. The normalized spacial score (nSPS) is 12.7. The van der Waals surface area contributed by atoms with Gasteiger partial charge in [0.25, 0.3) is 0 Å². The van der Waals surface area contributed by atoms with Crippen LogP contribution in [-0.2, 0) is 0 Å². The Kier molecular flexibility index (Phi) is 3.51. The molecule has 3 rings (SSSR count). The SMILES string of the molecule is C\C=C/C=C\C=C\c1ccc2c(c1)[nH]c1ccccc12. The zero-order chi connectivity index (χ0) is 13.8. The molecule has 1 heteroatoms. The highest BCUT2D eigenvalue weighted by molar-refractivity contribution is 6.07. The first-order valence-corrected chi connectivity index (χ1v) is 6.85. The van der Waals surface area contributed by atoms with E-state index in [-0.39, 0.29) is 0 Å². The number of hydrogen-bond acceptors (Lipinski definition) is 0. The molecule has 1 aromatic heterocycles. The molecule has 0 saturated heterocycles. The number of benzene rings is 2. The Morgan fingerprint density at radius 2 is 1.60 bits per heavy atom. The van der Waals surface area contributed by atoms with Crippen LogP contribution < -0.4 is 0 Å². The molecule has 0 fully saturated rings. The summed E-state index contributed by atoms with van der Waals surface area (Å²) >= 11 is 0. The van der Waals surface area contributed by atoms with Gasteiger partial charge in [-0.1, -0.05) is 66.8 Å². The van der Waals surface area contributed by atoms with E-state index in [1.54, 1.807) is 0 Å². The molecular weight excluding hydrogens is 242 g/mol. The number of fused-ring (bicyclic) bond motifs is 3. The summed E-state index contributed by atoms with van der Waals surface area (Å²) in [6, 6.07) is 14.9. The van der Waals surface area contributed by atoms with Gasteiger partial charge in [-0.25, -0.2) is 0 Å². The number of aromatic nitrogens is 1. The van der Waals surface area contributed by atoms with Crippen LogP contribution >= 0.6 is 0 Å². The smallest absolute Gasteiger partial charge is 0.0470 e. The van der Waals surface area contributed by atoms with E-state index in [4.69, 9.17) is 0 Å². The summed E-state index contributed by atoms with van der Waals surface area (Å²) < 4.78 is 0. The maximum atomic E-state index is 3.47. The van der Waals surface area contributed by atoms with Crippen molar-refractivity contribution in [1.29, 1.82) is 0 Å². The molecule has 98 valence electrons. The Balaban J connectivity index is 1.96. The zero-order valence-corrected chi connectivity index (χ0v) is 11.5. The van der Waals surface area contributed by atoms with Gasteiger partial charge in [-0.05, 0) is 24.6 Å². The van der Waals surface area contributed by atoms with Crippen LogP contribution in [0.3, 0.4) is 0 Å². The molecular formula is C19H17N. The van der Waals surface area contributed by atoms with Crippen molar-refractivity contribution in [1.82, 2.24) is 4.98 Å². The Hall–Kier alpha value is -2.54. The van der Waals surface area contributed by atoms with Crippen LogP contribution in [0.2, 0.25) is 0 Å². The molecule has 0 atom stereocenters. The third-order valence-electron chi connectivity index (χ3n) is 3.34. The van der Waals surface area contributed by atoms with Crippen LogP contribution in [0.15, 0.2) is 72.8 Å². The van der Waals surface area contributed by atoms with Gasteiger partial charge < -0.3 is 4.98 Å². The van der Waals surface area contributed by atoms with Gasteiger partial charge in [-0.15, -0.1) is 0 Å². The standard InChI is InChI=1S/C19H17N/c1-2-3-4-5-6-9-15-12-13-17-16-10-7-8-11-18(16)20-19(17)14-15/h2-14,20H,1H3/b3-2-,5-4-,9-6+. The highest BCUT2D eigenvalue weighted by Crippen LogP contribution is 2.26. The Bertz CT molecular complexity index is 816. The molecule has 0 unspecified atom stereocenters. The number of rotatable bonds is 3. The monoisotopic (exact) mass is 259 g/mol. The van der Waals surface area contributed by atoms with E-state index in [0.29, 0.717) is 0 Å². The van der Waals surface area contributed by atoms with E-state index in [2.05, 4.69) is 59.6 Å². The molecule has 0 amide bonds. The first kappa shape index (κ1) is 12.5. The van der Waals surface area contributed by atoms with Crippen molar-refractivity contribution in [3.8, 4) is 0 Å². The molecule has 0 spiro atoms. The van der Waals surface area contributed by atoms with Gasteiger partial charge in [0, 0.05) is 21.8 Å². The molecule has 20 heavy (non-hydrogen) atoms. The van der Waals surface area contributed by atoms with Crippen LogP contribution in [0, 0.1) is 0 Å². The van der Waals surface area contributed by atoms with E-state index in [1.165, 1.54) is 27.4 Å². The average molecular weight is 259 g/mol. The van der Waals surface area contributed by atoms with Gasteiger partial charge in [-0.2, -0.15) is 0 Å². The second-order valence-corrected chi connectivity index (χ2v) is 4.75. The molecule has 1 N–H and O–H groups in total. The Labute approximate surface area is 118 Å². The Morgan fingerprint density at radius 1 is 0.800 bits per heavy atom. The maximum Gasteiger partial charge on any atom is 0.0470 e. The highest BCUT2D eigenvalue weighted by Gasteiger charge is 2.02. The summed E-state index contributed by atoms with van der Waals surface area (Å²) in [5, 5.41) is 2.56. The fourth-order valence-electron chi connectivity index (χ4n) is 2.38. The summed E-state index contributed by atoms with van der Waals surface area (Å²) in [6.07, 6.45) is 12.3. The van der Waals surface area contributed by atoms with Crippen LogP contribution in [-0.4, -0.2) is 4.98 Å². The van der Waals surface area contributed by atoms with E-state index in [1.807, 2.05) is 31.2 Å². The van der Waals surface area contributed by atoms with Crippen LogP contribution in [0.4, 0.5) is 0 Å². The first-order chi connectivity index (χ1) is 9.88. The van der Waals surface area contributed by atoms with E-state index in [9.17, 15) is 0 Å². The summed E-state index contributed by atoms with van der Waals surface area (Å²) in [6.45, 7) is 2.01. The molecule has 0 radical (unpaired) electrons. The minimum atomic E-state index is 1.19. The van der Waals surface area contributed by atoms with Gasteiger partial charge in [-0.3, -0.25) is 0 Å². The second-order valence-electron chi connectivity index (χ2n) is 4.75. The quantitative estimate of drug-likeness (QED) is 0.600. The van der Waals surface area contributed by atoms with Gasteiger partial charge >= 0.3 is 0 Å². The van der Waals surface area contributed by atoms with Crippen LogP contribution in [0.5, 0.6) is 0 Å². The molecule has 0 aliphatic carbocycles. The lowest BCUT2D eigenvalue weighted by Crippen LogP contribution is -1.72. The van der Waals surface area contributed by atoms with Crippen molar-refractivity contribution in [3.63, 3.8) is 0 Å². The van der Waals surface area contributed by atoms with Crippen LogP contribution in [0.1, 0.15) is 12.5 Å². The maximum absolute atomic E-state index is 3.47. The van der Waals surface area contributed by atoms with E-state index < -0.39 is 0 Å². The minimum absolute atomic E-state index is 1.19. The fourth-order valence-corrected chi connectivity index (χ4v) is 2.38. The van der Waals surface area contributed by atoms with Crippen molar-refractivity contribution in [2.45, 2.75) is 6.92 Å². The molecule has 0 aliphatic heterocycles. The third-order valence-corrected chi connectivity index (χ3v) is 3.34. The number of hydrogen-bond donors (Lipinski definition) is 1. The molecule has 1 heterocycles. The lowest BCUT2D eigenvalue weighted by atomic mass is 10.1.